The molecule has 1 saturated carbocycles. The van der Waals surface area contributed by atoms with E-state index < -0.39 is 29.6 Å². The number of hydrogen-bond acceptors (Lipinski definition) is 7. The highest BCUT2D eigenvalue weighted by Gasteiger charge is 2.36. The SMILES string of the molecule is C=CC(=O)Nc1cc(C2CCC2)ccc1Nc1nc(NC2CCN(C(=O)OC)C2)ncc1C(F)(F)F. The Labute approximate surface area is 206 Å². The van der Waals surface area contributed by atoms with E-state index in [9.17, 15) is 22.8 Å². The number of amides is 2. The Balaban J connectivity index is 1.61. The number of hydrogen-bond donors (Lipinski definition) is 3. The lowest BCUT2D eigenvalue weighted by Crippen LogP contribution is -2.31. The molecule has 0 radical (unpaired) electrons. The van der Waals surface area contributed by atoms with Crippen LogP contribution in [0.15, 0.2) is 37.1 Å². The average molecular weight is 505 g/mol. The van der Waals surface area contributed by atoms with Gasteiger partial charge in [-0.05, 0) is 49.0 Å². The summed E-state index contributed by atoms with van der Waals surface area (Å²) < 4.78 is 46.0. The van der Waals surface area contributed by atoms with Gasteiger partial charge in [-0.2, -0.15) is 18.2 Å². The molecule has 2 heterocycles. The van der Waals surface area contributed by atoms with Crippen molar-refractivity contribution >= 4 is 35.1 Å². The molecule has 0 spiro atoms. The third kappa shape index (κ3) is 5.69. The lowest BCUT2D eigenvalue weighted by molar-refractivity contribution is -0.137. The number of ether oxygens (including phenoxy) is 1. The van der Waals surface area contributed by atoms with E-state index >= 15 is 0 Å². The Hall–Kier alpha value is -3.83. The van der Waals surface area contributed by atoms with Crippen molar-refractivity contribution in [1.29, 1.82) is 0 Å². The largest absolute Gasteiger partial charge is 0.453 e. The van der Waals surface area contributed by atoms with Gasteiger partial charge in [-0.15, -0.1) is 0 Å². The molecule has 1 unspecified atom stereocenters. The molecular formula is C24H27F3N6O3. The fourth-order valence-electron chi connectivity index (χ4n) is 4.19. The molecule has 0 bridgehead atoms. The third-order valence-corrected chi connectivity index (χ3v) is 6.36. The fraction of sp³-hybridized carbons (Fsp3) is 0.417. The zero-order valence-electron chi connectivity index (χ0n) is 19.7. The summed E-state index contributed by atoms with van der Waals surface area (Å²) in [4.78, 5) is 33.1. The van der Waals surface area contributed by atoms with Crippen LogP contribution in [0.4, 0.5) is 41.1 Å². The van der Waals surface area contributed by atoms with Crippen molar-refractivity contribution in [2.75, 3.05) is 36.1 Å². The molecule has 192 valence electrons. The summed E-state index contributed by atoms with van der Waals surface area (Å²) in [5.41, 5.74) is 0.527. The maximum Gasteiger partial charge on any atom is 0.421 e. The number of anilines is 4. The first kappa shape index (κ1) is 25.3. The molecule has 1 aromatic heterocycles. The summed E-state index contributed by atoms with van der Waals surface area (Å²) in [6.45, 7) is 4.19. The molecule has 1 saturated heterocycles. The topological polar surface area (TPSA) is 108 Å². The van der Waals surface area contributed by atoms with Gasteiger partial charge in [0.25, 0.3) is 0 Å². The van der Waals surface area contributed by atoms with Gasteiger partial charge in [0.05, 0.1) is 18.5 Å². The monoisotopic (exact) mass is 504 g/mol. The maximum atomic E-state index is 13.8. The second-order valence-corrected chi connectivity index (χ2v) is 8.75. The van der Waals surface area contributed by atoms with Gasteiger partial charge >= 0.3 is 12.3 Å². The molecule has 36 heavy (non-hydrogen) atoms. The van der Waals surface area contributed by atoms with Crippen LogP contribution >= 0.6 is 0 Å². The highest BCUT2D eigenvalue weighted by atomic mass is 19.4. The first-order chi connectivity index (χ1) is 17.2. The molecule has 2 aromatic rings. The fourth-order valence-corrected chi connectivity index (χ4v) is 4.19. The van der Waals surface area contributed by atoms with E-state index in [1.807, 2.05) is 6.07 Å². The lowest BCUT2D eigenvalue weighted by Gasteiger charge is -2.27. The van der Waals surface area contributed by atoms with Crippen molar-refractivity contribution in [2.24, 2.45) is 0 Å². The first-order valence-corrected chi connectivity index (χ1v) is 11.6. The standard InChI is InChI=1S/C24H27F3N6O3/c1-3-20(34)30-19-11-15(14-5-4-6-14)7-8-18(19)31-21-17(24(25,26)27)12-28-22(32-21)29-16-9-10-33(13-16)23(35)36-2/h3,7-8,11-12,14,16H,1,4-6,9-10,13H2,2H3,(H,30,34)(H2,28,29,31,32). The van der Waals surface area contributed by atoms with E-state index in [4.69, 9.17) is 4.74 Å². The summed E-state index contributed by atoms with van der Waals surface area (Å²) in [7, 11) is 1.28. The van der Waals surface area contributed by atoms with Crippen molar-refractivity contribution in [3.05, 3.63) is 48.2 Å². The number of carbonyl (C=O) groups excluding carboxylic acids is 2. The van der Waals surface area contributed by atoms with Crippen LogP contribution in [-0.2, 0) is 15.7 Å². The molecule has 1 aliphatic carbocycles. The number of nitrogens with zero attached hydrogens (tertiary/aromatic N) is 3. The number of likely N-dealkylation sites (tertiary alicyclic amines) is 1. The summed E-state index contributed by atoms with van der Waals surface area (Å²) in [6.07, 6.45) is 0.319. The quantitative estimate of drug-likeness (QED) is 0.461. The van der Waals surface area contributed by atoms with Crippen LogP contribution in [0.1, 0.15) is 42.7 Å². The van der Waals surface area contributed by atoms with Gasteiger partial charge in [0.2, 0.25) is 11.9 Å². The number of carbonyl (C=O) groups is 2. The zero-order valence-corrected chi connectivity index (χ0v) is 19.7. The van der Waals surface area contributed by atoms with Crippen LogP contribution in [0, 0.1) is 0 Å². The van der Waals surface area contributed by atoms with E-state index in [2.05, 4.69) is 32.5 Å². The Morgan fingerprint density at radius 2 is 2.00 bits per heavy atom. The van der Waals surface area contributed by atoms with Crippen molar-refractivity contribution in [3.8, 4) is 0 Å². The normalized spacial score (nSPS) is 17.8. The Morgan fingerprint density at radius 3 is 2.64 bits per heavy atom. The van der Waals surface area contributed by atoms with Crippen molar-refractivity contribution in [3.63, 3.8) is 0 Å². The number of aromatic nitrogens is 2. The number of methoxy groups -OCH3 is 1. The first-order valence-electron chi connectivity index (χ1n) is 11.6. The molecule has 2 fully saturated rings. The van der Waals surface area contributed by atoms with Crippen LogP contribution in [-0.4, -0.2) is 53.1 Å². The molecule has 1 aliphatic heterocycles. The highest BCUT2D eigenvalue weighted by molar-refractivity contribution is 6.01. The van der Waals surface area contributed by atoms with E-state index in [0.29, 0.717) is 37.3 Å². The number of benzene rings is 1. The van der Waals surface area contributed by atoms with Crippen molar-refractivity contribution in [1.82, 2.24) is 14.9 Å². The number of halogens is 3. The average Bonchev–Trinajstić information content (AvgIpc) is 3.26. The summed E-state index contributed by atoms with van der Waals surface area (Å²) >= 11 is 0. The van der Waals surface area contributed by atoms with Crippen LogP contribution in [0.5, 0.6) is 0 Å². The minimum Gasteiger partial charge on any atom is -0.453 e. The van der Waals surface area contributed by atoms with Gasteiger partial charge in [-0.3, -0.25) is 4.79 Å². The number of alkyl halides is 3. The van der Waals surface area contributed by atoms with Gasteiger partial charge in [-0.25, -0.2) is 9.78 Å². The predicted molar refractivity (Wildman–Crippen MR) is 128 cm³/mol. The predicted octanol–water partition coefficient (Wildman–Crippen LogP) is 4.88. The van der Waals surface area contributed by atoms with Gasteiger partial charge in [0, 0.05) is 25.3 Å². The van der Waals surface area contributed by atoms with Gasteiger partial charge < -0.3 is 25.6 Å². The highest BCUT2D eigenvalue weighted by Crippen LogP contribution is 2.40. The molecule has 9 nitrogen and oxygen atoms in total. The number of nitrogens with one attached hydrogen (secondary N) is 3. The van der Waals surface area contributed by atoms with Crippen molar-refractivity contribution in [2.45, 2.75) is 43.8 Å². The molecule has 2 aliphatic rings. The van der Waals surface area contributed by atoms with Crippen LogP contribution in [0.3, 0.4) is 0 Å². The van der Waals surface area contributed by atoms with Gasteiger partial charge in [0.15, 0.2) is 0 Å². The summed E-state index contributed by atoms with van der Waals surface area (Å²) in [5, 5.41) is 8.39. The maximum absolute atomic E-state index is 13.8. The smallest absolute Gasteiger partial charge is 0.421 e. The van der Waals surface area contributed by atoms with Crippen molar-refractivity contribution < 1.29 is 27.5 Å². The van der Waals surface area contributed by atoms with E-state index in [0.717, 1.165) is 30.9 Å². The Morgan fingerprint density at radius 1 is 1.22 bits per heavy atom. The summed E-state index contributed by atoms with van der Waals surface area (Å²) in [6, 6.07) is 4.98. The Kier molecular flexibility index (Phi) is 7.32. The van der Waals surface area contributed by atoms with E-state index in [1.165, 1.54) is 12.0 Å². The minimum absolute atomic E-state index is 0.0232. The van der Waals surface area contributed by atoms with E-state index in [1.54, 1.807) is 12.1 Å². The lowest BCUT2D eigenvalue weighted by atomic mass is 9.80. The van der Waals surface area contributed by atoms with Crippen LogP contribution < -0.4 is 16.0 Å². The minimum atomic E-state index is -4.72. The van der Waals surface area contributed by atoms with Gasteiger partial charge in [-0.1, -0.05) is 19.1 Å². The molecule has 4 rings (SSSR count). The molecule has 12 heteroatoms. The third-order valence-electron chi connectivity index (χ3n) is 6.36. The molecule has 3 N–H and O–H groups in total. The van der Waals surface area contributed by atoms with Crippen LogP contribution in [0.25, 0.3) is 0 Å². The summed E-state index contributed by atoms with van der Waals surface area (Å²) in [5.74, 6) is -0.616. The van der Waals surface area contributed by atoms with E-state index in [-0.39, 0.29) is 17.7 Å². The molecule has 1 aromatic carbocycles. The van der Waals surface area contributed by atoms with Crippen LogP contribution in [0.2, 0.25) is 0 Å². The molecule has 1 atom stereocenters. The van der Waals surface area contributed by atoms with Gasteiger partial charge in [0.1, 0.15) is 11.4 Å². The zero-order chi connectivity index (χ0) is 25.9. The second-order valence-electron chi connectivity index (χ2n) is 8.75. The molecule has 2 amide bonds. The number of rotatable bonds is 7. The second kappa shape index (κ2) is 10.4. The Bertz CT molecular complexity index is 1150. The molecular weight excluding hydrogens is 477 g/mol.